The van der Waals surface area contributed by atoms with Crippen LogP contribution in [0.3, 0.4) is 0 Å². The van der Waals surface area contributed by atoms with Gasteiger partial charge in [0.15, 0.2) is 5.96 Å². The van der Waals surface area contributed by atoms with Crippen LogP contribution in [0.25, 0.3) is 0 Å². The number of nitrogens with one attached hydrogen (secondary N) is 1. The molecule has 5 nitrogen and oxygen atoms in total. The largest absolute Gasteiger partial charge is 0.364 e. The molecule has 0 unspecified atom stereocenters. The molecule has 1 aromatic rings. The summed E-state index contributed by atoms with van der Waals surface area (Å²) in [7, 11) is 2.07. The lowest BCUT2D eigenvalue weighted by atomic mass is 10.2. The van der Waals surface area contributed by atoms with Gasteiger partial charge >= 0.3 is 0 Å². The molecule has 0 fully saturated rings. The minimum atomic E-state index is 0.541. The zero-order valence-electron chi connectivity index (χ0n) is 12.6. The van der Waals surface area contributed by atoms with Gasteiger partial charge in [-0.25, -0.2) is 4.99 Å². The number of guanidine groups is 1. The van der Waals surface area contributed by atoms with Crippen LogP contribution >= 0.6 is 0 Å². The summed E-state index contributed by atoms with van der Waals surface area (Å²) in [5.41, 5.74) is 0.847. The first-order chi connectivity index (χ1) is 9.77. The standard InChI is InChI=1S/C15H26N4O/c1-4-6-7-8-9-11-19(3)15(16-5-2)17-13-14-10-12-20-18-14/h4,10,12H,1,5-9,11,13H2,2-3H3,(H,16,17). The van der Waals surface area contributed by atoms with Crippen molar-refractivity contribution in [1.29, 1.82) is 0 Å². The minimum Gasteiger partial charge on any atom is -0.364 e. The molecule has 0 aromatic carbocycles. The quantitative estimate of drug-likeness (QED) is 0.327. The summed E-state index contributed by atoms with van der Waals surface area (Å²) in [5, 5.41) is 7.16. The lowest BCUT2D eigenvalue weighted by Crippen LogP contribution is -2.39. The number of nitrogens with zero attached hydrogens (tertiary/aromatic N) is 3. The maximum atomic E-state index is 4.81. The van der Waals surface area contributed by atoms with E-state index in [0.717, 1.165) is 31.2 Å². The van der Waals surface area contributed by atoms with E-state index in [1.165, 1.54) is 19.3 Å². The number of aromatic nitrogens is 1. The molecule has 1 rings (SSSR count). The zero-order valence-corrected chi connectivity index (χ0v) is 12.6. The number of rotatable bonds is 9. The maximum absolute atomic E-state index is 4.81. The van der Waals surface area contributed by atoms with Crippen molar-refractivity contribution in [3.8, 4) is 0 Å². The molecule has 20 heavy (non-hydrogen) atoms. The number of hydrogen-bond donors (Lipinski definition) is 1. The van der Waals surface area contributed by atoms with E-state index in [4.69, 9.17) is 4.52 Å². The highest BCUT2D eigenvalue weighted by Crippen LogP contribution is 2.02. The summed E-state index contributed by atoms with van der Waals surface area (Å²) in [6.45, 7) is 8.22. The van der Waals surface area contributed by atoms with E-state index in [9.17, 15) is 0 Å². The molecule has 0 amide bonds. The highest BCUT2D eigenvalue weighted by Gasteiger charge is 2.05. The summed E-state index contributed by atoms with van der Waals surface area (Å²) in [6, 6.07) is 1.84. The molecule has 0 saturated carbocycles. The second-order valence-corrected chi connectivity index (χ2v) is 4.72. The molecule has 0 saturated heterocycles. The van der Waals surface area contributed by atoms with Gasteiger partial charge in [-0.1, -0.05) is 17.7 Å². The Morgan fingerprint density at radius 1 is 1.50 bits per heavy atom. The first kappa shape index (κ1) is 16.3. The highest BCUT2D eigenvalue weighted by molar-refractivity contribution is 5.79. The Balaban J connectivity index is 2.38. The van der Waals surface area contributed by atoms with Crippen LogP contribution in [0, 0.1) is 0 Å². The normalized spacial score (nSPS) is 11.4. The molecule has 1 heterocycles. The van der Waals surface area contributed by atoms with Gasteiger partial charge in [-0.3, -0.25) is 0 Å². The van der Waals surface area contributed by atoms with Crippen molar-refractivity contribution in [2.45, 2.75) is 39.2 Å². The summed E-state index contributed by atoms with van der Waals surface area (Å²) >= 11 is 0. The Morgan fingerprint density at radius 3 is 3.00 bits per heavy atom. The van der Waals surface area contributed by atoms with Crippen LogP contribution in [0.15, 0.2) is 34.5 Å². The average Bonchev–Trinajstić information content (AvgIpc) is 2.96. The van der Waals surface area contributed by atoms with Gasteiger partial charge < -0.3 is 14.7 Å². The molecule has 0 spiro atoms. The predicted octanol–water partition coefficient (Wildman–Crippen LogP) is 2.82. The first-order valence-electron chi connectivity index (χ1n) is 7.27. The van der Waals surface area contributed by atoms with E-state index in [1.807, 2.05) is 12.1 Å². The number of hydrogen-bond acceptors (Lipinski definition) is 3. The van der Waals surface area contributed by atoms with Gasteiger partial charge in [-0.15, -0.1) is 6.58 Å². The molecular weight excluding hydrogens is 252 g/mol. The van der Waals surface area contributed by atoms with Crippen LogP contribution in [-0.2, 0) is 6.54 Å². The lowest BCUT2D eigenvalue weighted by Gasteiger charge is -2.21. The summed E-state index contributed by atoms with van der Waals surface area (Å²) in [5.74, 6) is 0.916. The van der Waals surface area contributed by atoms with Crippen LogP contribution < -0.4 is 5.32 Å². The van der Waals surface area contributed by atoms with Crippen LogP contribution in [0.5, 0.6) is 0 Å². The van der Waals surface area contributed by atoms with E-state index in [1.54, 1.807) is 6.26 Å². The fourth-order valence-corrected chi connectivity index (χ4v) is 1.86. The smallest absolute Gasteiger partial charge is 0.194 e. The number of allylic oxidation sites excluding steroid dienone is 1. The molecular formula is C15H26N4O. The Labute approximate surface area is 121 Å². The van der Waals surface area contributed by atoms with E-state index in [0.29, 0.717) is 6.54 Å². The summed E-state index contributed by atoms with van der Waals surface area (Å²) in [4.78, 5) is 6.73. The van der Waals surface area contributed by atoms with Crippen molar-refractivity contribution < 1.29 is 4.52 Å². The zero-order chi connectivity index (χ0) is 14.6. The third kappa shape index (κ3) is 6.41. The van der Waals surface area contributed by atoms with Gasteiger partial charge in [-0.05, 0) is 26.2 Å². The van der Waals surface area contributed by atoms with Gasteiger partial charge in [0, 0.05) is 26.2 Å². The monoisotopic (exact) mass is 278 g/mol. The highest BCUT2D eigenvalue weighted by atomic mass is 16.5. The van der Waals surface area contributed by atoms with Crippen molar-refractivity contribution in [2.24, 2.45) is 4.99 Å². The second kappa shape index (κ2) is 10.1. The van der Waals surface area contributed by atoms with Crippen molar-refractivity contribution in [2.75, 3.05) is 20.1 Å². The molecule has 0 radical (unpaired) electrons. The molecule has 0 aliphatic rings. The fraction of sp³-hybridized carbons (Fsp3) is 0.600. The van der Waals surface area contributed by atoms with Crippen molar-refractivity contribution >= 4 is 5.96 Å². The van der Waals surface area contributed by atoms with Gasteiger partial charge in [0.25, 0.3) is 0 Å². The van der Waals surface area contributed by atoms with Crippen LogP contribution in [0.1, 0.15) is 38.3 Å². The minimum absolute atomic E-state index is 0.541. The SMILES string of the molecule is C=CCCCCCN(C)C(=NCc1ccon1)NCC. The van der Waals surface area contributed by atoms with Gasteiger partial charge in [0.05, 0.1) is 6.54 Å². The summed E-state index contributed by atoms with van der Waals surface area (Å²) < 4.78 is 4.81. The van der Waals surface area contributed by atoms with E-state index in [-0.39, 0.29) is 0 Å². The molecule has 0 aliphatic heterocycles. The topological polar surface area (TPSA) is 53.7 Å². The second-order valence-electron chi connectivity index (χ2n) is 4.72. The maximum Gasteiger partial charge on any atom is 0.194 e. The van der Waals surface area contributed by atoms with Gasteiger partial charge in [0.2, 0.25) is 0 Å². The molecule has 112 valence electrons. The fourth-order valence-electron chi connectivity index (χ4n) is 1.86. The Hall–Kier alpha value is -1.78. The number of aliphatic imine (C=N–C) groups is 1. The summed E-state index contributed by atoms with van der Waals surface area (Å²) in [6.07, 6.45) is 8.25. The molecule has 0 aliphatic carbocycles. The van der Waals surface area contributed by atoms with Gasteiger partial charge in [0.1, 0.15) is 12.0 Å². The van der Waals surface area contributed by atoms with Crippen LogP contribution in [-0.4, -0.2) is 36.2 Å². The van der Waals surface area contributed by atoms with Crippen molar-refractivity contribution in [1.82, 2.24) is 15.4 Å². The third-order valence-corrected chi connectivity index (χ3v) is 2.98. The molecule has 5 heteroatoms. The number of unbranched alkanes of at least 4 members (excludes halogenated alkanes) is 3. The van der Waals surface area contributed by atoms with E-state index in [2.05, 4.69) is 40.9 Å². The molecule has 0 bridgehead atoms. The average molecular weight is 278 g/mol. The Kier molecular flexibility index (Phi) is 8.19. The van der Waals surface area contributed by atoms with E-state index < -0.39 is 0 Å². The van der Waals surface area contributed by atoms with Gasteiger partial charge in [-0.2, -0.15) is 0 Å². The molecule has 1 aromatic heterocycles. The first-order valence-corrected chi connectivity index (χ1v) is 7.27. The molecule has 0 atom stereocenters. The third-order valence-electron chi connectivity index (χ3n) is 2.98. The Morgan fingerprint density at radius 2 is 2.35 bits per heavy atom. The van der Waals surface area contributed by atoms with Crippen LogP contribution in [0.4, 0.5) is 0 Å². The van der Waals surface area contributed by atoms with Crippen LogP contribution in [0.2, 0.25) is 0 Å². The lowest BCUT2D eigenvalue weighted by molar-refractivity contribution is 0.411. The predicted molar refractivity (Wildman–Crippen MR) is 82.6 cm³/mol. The van der Waals surface area contributed by atoms with Crippen molar-refractivity contribution in [3.63, 3.8) is 0 Å². The van der Waals surface area contributed by atoms with E-state index >= 15 is 0 Å². The molecule has 1 N–H and O–H groups in total. The Bertz CT molecular complexity index is 387. The van der Waals surface area contributed by atoms with Crippen molar-refractivity contribution in [3.05, 3.63) is 30.7 Å².